The maximum atomic E-state index is 5.60. The van der Waals surface area contributed by atoms with E-state index in [9.17, 15) is 0 Å². The number of rotatable bonds is 2. The van der Waals surface area contributed by atoms with Gasteiger partial charge in [0.2, 0.25) is 0 Å². The molecule has 1 aromatic carbocycles. The van der Waals surface area contributed by atoms with Crippen LogP contribution in [0, 0.1) is 6.92 Å². The van der Waals surface area contributed by atoms with Gasteiger partial charge in [0.05, 0.1) is 23.8 Å². The number of benzene rings is 1. The molecule has 0 aliphatic rings. The number of aryl methyl sites for hydroxylation is 2. The summed E-state index contributed by atoms with van der Waals surface area (Å²) in [6.07, 6.45) is 6.98. The van der Waals surface area contributed by atoms with Crippen molar-refractivity contribution in [3.05, 3.63) is 48.8 Å². The van der Waals surface area contributed by atoms with Gasteiger partial charge in [-0.05, 0) is 19.1 Å². The van der Waals surface area contributed by atoms with Crippen molar-refractivity contribution in [1.82, 2.24) is 19.5 Å². The van der Waals surface area contributed by atoms with Crippen LogP contribution in [0.2, 0.25) is 0 Å². The molecule has 0 fully saturated rings. The quantitative estimate of drug-likeness (QED) is 0.569. The van der Waals surface area contributed by atoms with E-state index in [4.69, 9.17) is 4.74 Å². The second-order valence-corrected chi connectivity index (χ2v) is 5.55. The van der Waals surface area contributed by atoms with E-state index in [0.29, 0.717) is 0 Å². The summed E-state index contributed by atoms with van der Waals surface area (Å²) in [7, 11) is 3.74. The highest BCUT2D eigenvalue weighted by Gasteiger charge is 2.15. The Balaban J connectivity index is 2.14. The van der Waals surface area contributed by atoms with Crippen LogP contribution >= 0.6 is 0 Å². The topological polar surface area (TPSA) is 52.8 Å². The van der Waals surface area contributed by atoms with E-state index >= 15 is 0 Å². The fourth-order valence-corrected chi connectivity index (χ4v) is 3.21. The van der Waals surface area contributed by atoms with Crippen LogP contribution in [0.3, 0.4) is 0 Å². The minimum Gasteiger partial charge on any atom is -0.496 e. The lowest BCUT2D eigenvalue weighted by atomic mass is 10.0. The third-order valence-electron chi connectivity index (χ3n) is 4.28. The minimum absolute atomic E-state index is 0.809. The summed E-state index contributed by atoms with van der Waals surface area (Å²) in [6, 6.07) is 6.27. The lowest BCUT2D eigenvalue weighted by molar-refractivity contribution is 0.417. The predicted octanol–water partition coefficient (Wildman–Crippen LogP) is 3.50. The minimum atomic E-state index is 0.809. The predicted molar refractivity (Wildman–Crippen MR) is 90.5 cm³/mol. The van der Waals surface area contributed by atoms with Crippen molar-refractivity contribution < 1.29 is 4.74 Å². The first-order valence-corrected chi connectivity index (χ1v) is 7.38. The van der Waals surface area contributed by atoms with Gasteiger partial charge < -0.3 is 9.30 Å². The van der Waals surface area contributed by atoms with Crippen LogP contribution in [-0.4, -0.2) is 26.6 Å². The van der Waals surface area contributed by atoms with Crippen LogP contribution in [0.1, 0.15) is 5.69 Å². The zero-order chi connectivity index (χ0) is 16.0. The molecule has 0 radical (unpaired) electrons. The second-order valence-electron chi connectivity index (χ2n) is 5.55. The average molecular weight is 304 g/mol. The molecule has 0 bridgehead atoms. The highest BCUT2D eigenvalue weighted by atomic mass is 16.5. The lowest BCUT2D eigenvalue weighted by Gasteiger charge is -2.09. The smallest absolute Gasteiger partial charge is 0.128 e. The van der Waals surface area contributed by atoms with E-state index in [1.165, 1.54) is 17.1 Å². The summed E-state index contributed by atoms with van der Waals surface area (Å²) in [5, 5.41) is 2.36. The van der Waals surface area contributed by atoms with Gasteiger partial charge in [0.15, 0.2) is 0 Å². The van der Waals surface area contributed by atoms with Crippen molar-refractivity contribution in [2.45, 2.75) is 6.92 Å². The third-order valence-corrected chi connectivity index (χ3v) is 4.28. The first kappa shape index (κ1) is 13.7. The number of hydrogen-bond acceptors (Lipinski definition) is 4. The van der Waals surface area contributed by atoms with Gasteiger partial charge in [-0.2, -0.15) is 0 Å². The van der Waals surface area contributed by atoms with Gasteiger partial charge in [-0.15, -0.1) is 0 Å². The van der Waals surface area contributed by atoms with Crippen LogP contribution in [0.15, 0.2) is 43.1 Å². The maximum absolute atomic E-state index is 5.60. The number of fused-ring (bicyclic) bond motifs is 3. The number of ether oxygens (including phenoxy) is 1. The highest BCUT2D eigenvalue weighted by Crippen LogP contribution is 2.38. The molecule has 0 saturated carbocycles. The molecule has 5 nitrogen and oxygen atoms in total. The van der Waals surface area contributed by atoms with E-state index in [1.807, 2.05) is 13.1 Å². The molecule has 0 atom stereocenters. The highest BCUT2D eigenvalue weighted by molar-refractivity contribution is 6.10. The second kappa shape index (κ2) is 5.05. The monoisotopic (exact) mass is 304 g/mol. The largest absolute Gasteiger partial charge is 0.496 e. The van der Waals surface area contributed by atoms with Crippen LogP contribution in [0.4, 0.5) is 0 Å². The Hall–Kier alpha value is -2.95. The molecule has 23 heavy (non-hydrogen) atoms. The average Bonchev–Trinajstić information content (AvgIpc) is 2.88. The van der Waals surface area contributed by atoms with Crippen molar-refractivity contribution in [3.63, 3.8) is 0 Å². The van der Waals surface area contributed by atoms with Gasteiger partial charge in [0.25, 0.3) is 0 Å². The van der Waals surface area contributed by atoms with E-state index in [0.717, 1.165) is 33.6 Å². The lowest BCUT2D eigenvalue weighted by Crippen LogP contribution is -1.93. The van der Waals surface area contributed by atoms with E-state index in [1.54, 1.807) is 19.5 Å². The third kappa shape index (κ3) is 1.97. The Morgan fingerprint density at radius 3 is 2.61 bits per heavy atom. The van der Waals surface area contributed by atoms with E-state index in [-0.39, 0.29) is 0 Å². The number of aromatic nitrogens is 4. The molecule has 0 spiro atoms. The fraction of sp³-hybridized carbons (Fsp3) is 0.167. The number of methoxy groups -OCH3 is 1. The summed E-state index contributed by atoms with van der Waals surface area (Å²) in [6.45, 7) is 2.03. The molecule has 4 aromatic rings. The zero-order valence-corrected chi connectivity index (χ0v) is 13.2. The molecular formula is C18H16N4O. The van der Waals surface area contributed by atoms with Crippen molar-refractivity contribution in [2.24, 2.45) is 7.05 Å². The molecule has 0 amide bonds. The Morgan fingerprint density at radius 2 is 1.87 bits per heavy atom. The SMILES string of the molecule is COc1cc2c(cc1-c1cncnc1)c1ccnc(C)c1n2C. The Kier molecular flexibility index (Phi) is 3.01. The van der Waals surface area contributed by atoms with Crippen LogP contribution in [0.5, 0.6) is 5.75 Å². The Labute approximate surface area is 133 Å². The van der Waals surface area contributed by atoms with Crippen molar-refractivity contribution in [3.8, 4) is 16.9 Å². The molecule has 5 heteroatoms. The fourth-order valence-electron chi connectivity index (χ4n) is 3.21. The first-order valence-electron chi connectivity index (χ1n) is 7.38. The number of pyridine rings is 1. The molecule has 0 aliphatic heterocycles. The summed E-state index contributed by atoms with van der Waals surface area (Å²) in [5.41, 5.74) is 5.21. The van der Waals surface area contributed by atoms with Crippen LogP contribution in [0.25, 0.3) is 32.9 Å². The Morgan fingerprint density at radius 1 is 1.09 bits per heavy atom. The van der Waals surface area contributed by atoms with Gasteiger partial charge in [0, 0.05) is 53.6 Å². The molecule has 0 unspecified atom stereocenters. The molecule has 114 valence electrons. The van der Waals surface area contributed by atoms with Gasteiger partial charge in [0.1, 0.15) is 12.1 Å². The van der Waals surface area contributed by atoms with E-state index in [2.05, 4.69) is 44.8 Å². The summed E-state index contributed by atoms with van der Waals surface area (Å²) in [4.78, 5) is 12.6. The molecule has 3 aromatic heterocycles. The normalized spacial score (nSPS) is 11.3. The van der Waals surface area contributed by atoms with Gasteiger partial charge in [-0.1, -0.05) is 0 Å². The summed E-state index contributed by atoms with van der Waals surface area (Å²) < 4.78 is 7.77. The van der Waals surface area contributed by atoms with Gasteiger partial charge in [-0.25, -0.2) is 9.97 Å². The van der Waals surface area contributed by atoms with Gasteiger partial charge >= 0.3 is 0 Å². The number of nitrogens with zero attached hydrogens (tertiary/aromatic N) is 4. The molecule has 0 aliphatic carbocycles. The zero-order valence-electron chi connectivity index (χ0n) is 13.2. The molecule has 0 N–H and O–H groups in total. The standard InChI is InChI=1S/C18H16N4O/c1-11-18-13(4-5-21-11)15-6-14(12-8-19-10-20-9-12)17(23-3)7-16(15)22(18)2/h4-10H,1-3H3. The van der Waals surface area contributed by atoms with Gasteiger partial charge in [-0.3, -0.25) is 4.98 Å². The molecule has 0 saturated heterocycles. The summed E-state index contributed by atoms with van der Waals surface area (Å²) in [5.74, 6) is 0.809. The van der Waals surface area contributed by atoms with Crippen LogP contribution in [-0.2, 0) is 7.05 Å². The van der Waals surface area contributed by atoms with Crippen molar-refractivity contribution in [1.29, 1.82) is 0 Å². The Bertz CT molecular complexity index is 1020. The van der Waals surface area contributed by atoms with Crippen molar-refractivity contribution >= 4 is 21.8 Å². The first-order chi connectivity index (χ1) is 11.2. The molecule has 4 rings (SSSR count). The van der Waals surface area contributed by atoms with E-state index < -0.39 is 0 Å². The maximum Gasteiger partial charge on any atom is 0.128 e. The van der Waals surface area contributed by atoms with Crippen LogP contribution < -0.4 is 4.74 Å². The molecule has 3 heterocycles. The van der Waals surface area contributed by atoms with Crippen molar-refractivity contribution in [2.75, 3.05) is 7.11 Å². The molecular weight excluding hydrogens is 288 g/mol. The number of hydrogen-bond donors (Lipinski definition) is 0. The summed E-state index contributed by atoms with van der Waals surface area (Å²) >= 11 is 0.